The molecule has 0 aliphatic heterocycles. The maximum Gasteiger partial charge on any atom is 0.164 e. The van der Waals surface area contributed by atoms with E-state index in [-0.39, 0.29) is 0 Å². The first-order valence-corrected chi connectivity index (χ1v) is 6.65. The summed E-state index contributed by atoms with van der Waals surface area (Å²) in [7, 11) is 4.65. The Hall–Kier alpha value is -2.21. The quantitative estimate of drug-likeness (QED) is 0.882. The molecule has 1 atom stereocenters. The third-order valence-electron chi connectivity index (χ3n) is 3.36. The summed E-state index contributed by atoms with van der Waals surface area (Å²) in [6, 6.07) is 3.40. The maximum absolute atomic E-state index is 10.6. The number of nitrogens with zero attached hydrogens (tertiary/aromatic N) is 2. The second-order valence-electron chi connectivity index (χ2n) is 4.42. The van der Waals surface area contributed by atoms with E-state index in [1.54, 1.807) is 39.7 Å². The number of benzene rings is 1. The summed E-state index contributed by atoms with van der Waals surface area (Å²) in [5, 5.41) is 10.6. The fraction of sp³-hybridized carbons (Fsp3) is 0.400. The number of rotatable bonds is 6. The molecule has 0 radical (unpaired) electrons. The Morgan fingerprint density at radius 1 is 1.10 bits per heavy atom. The van der Waals surface area contributed by atoms with Gasteiger partial charge in [-0.2, -0.15) is 0 Å². The third kappa shape index (κ3) is 2.80. The molecule has 0 saturated carbocycles. The molecule has 1 N–H and O–H groups in total. The summed E-state index contributed by atoms with van der Waals surface area (Å²) in [6.45, 7) is 2.71. The Labute approximate surface area is 123 Å². The number of imidazole rings is 1. The van der Waals surface area contributed by atoms with E-state index in [0.29, 0.717) is 28.6 Å². The highest BCUT2D eigenvalue weighted by molar-refractivity contribution is 5.52. The van der Waals surface area contributed by atoms with Crippen molar-refractivity contribution in [1.82, 2.24) is 9.55 Å². The Kier molecular flexibility index (Phi) is 4.70. The highest BCUT2D eigenvalue weighted by atomic mass is 16.5. The van der Waals surface area contributed by atoms with Gasteiger partial charge in [0, 0.05) is 30.6 Å². The van der Waals surface area contributed by atoms with E-state index >= 15 is 0 Å². The average Bonchev–Trinajstić information content (AvgIpc) is 3.01. The number of aliphatic hydroxyl groups excluding tert-OH is 1. The molecular weight excluding hydrogens is 272 g/mol. The van der Waals surface area contributed by atoms with E-state index in [1.165, 1.54) is 0 Å². The first-order chi connectivity index (χ1) is 10.2. The molecule has 0 aliphatic rings. The molecule has 0 fully saturated rings. The largest absolute Gasteiger partial charge is 0.496 e. The van der Waals surface area contributed by atoms with Crippen molar-refractivity contribution in [3.8, 4) is 17.2 Å². The van der Waals surface area contributed by atoms with E-state index in [0.717, 1.165) is 6.54 Å². The normalized spacial score (nSPS) is 12.0. The molecule has 0 aliphatic carbocycles. The molecule has 0 bridgehead atoms. The van der Waals surface area contributed by atoms with Gasteiger partial charge in [0.25, 0.3) is 0 Å². The second kappa shape index (κ2) is 6.49. The molecule has 1 aromatic heterocycles. The molecule has 0 amide bonds. The molecule has 114 valence electrons. The van der Waals surface area contributed by atoms with Crippen LogP contribution in [0.25, 0.3) is 0 Å². The van der Waals surface area contributed by atoms with E-state index < -0.39 is 6.10 Å². The molecule has 1 heterocycles. The lowest BCUT2D eigenvalue weighted by Gasteiger charge is -2.18. The van der Waals surface area contributed by atoms with Gasteiger partial charge in [0.2, 0.25) is 0 Å². The minimum Gasteiger partial charge on any atom is -0.496 e. The summed E-state index contributed by atoms with van der Waals surface area (Å²) < 4.78 is 17.7. The van der Waals surface area contributed by atoms with Gasteiger partial charge in [-0.25, -0.2) is 4.98 Å². The zero-order valence-electron chi connectivity index (χ0n) is 12.7. The van der Waals surface area contributed by atoms with Gasteiger partial charge < -0.3 is 23.9 Å². The molecule has 0 spiro atoms. The number of hydrogen-bond donors (Lipinski definition) is 1. The SMILES string of the molecule is CCn1ccnc1C(O)c1cc(OC)c(OC)cc1OC. The van der Waals surface area contributed by atoms with Crippen LogP contribution in [0.2, 0.25) is 0 Å². The molecule has 6 nitrogen and oxygen atoms in total. The average molecular weight is 292 g/mol. The number of ether oxygens (including phenoxy) is 3. The Balaban J connectivity index is 2.51. The zero-order chi connectivity index (χ0) is 15.4. The summed E-state index contributed by atoms with van der Waals surface area (Å²) in [5.74, 6) is 2.15. The lowest BCUT2D eigenvalue weighted by Crippen LogP contribution is -2.10. The van der Waals surface area contributed by atoms with Crippen molar-refractivity contribution in [2.45, 2.75) is 19.6 Å². The van der Waals surface area contributed by atoms with Crippen LogP contribution < -0.4 is 14.2 Å². The Morgan fingerprint density at radius 3 is 2.29 bits per heavy atom. The van der Waals surface area contributed by atoms with Gasteiger partial charge in [0.1, 0.15) is 17.7 Å². The minimum absolute atomic E-state index is 0.519. The summed E-state index contributed by atoms with van der Waals surface area (Å²) in [5.41, 5.74) is 0.580. The van der Waals surface area contributed by atoms with Gasteiger partial charge in [0.05, 0.1) is 21.3 Å². The number of hydrogen-bond acceptors (Lipinski definition) is 5. The molecule has 2 rings (SSSR count). The molecule has 21 heavy (non-hydrogen) atoms. The molecule has 1 unspecified atom stereocenters. The molecule has 2 aromatic rings. The second-order valence-corrected chi connectivity index (χ2v) is 4.42. The van der Waals surface area contributed by atoms with Crippen molar-refractivity contribution < 1.29 is 19.3 Å². The lowest BCUT2D eigenvalue weighted by molar-refractivity contribution is 0.199. The van der Waals surface area contributed by atoms with Gasteiger partial charge in [-0.1, -0.05) is 0 Å². The minimum atomic E-state index is -0.908. The monoisotopic (exact) mass is 292 g/mol. The van der Waals surface area contributed by atoms with Crippen LogP contribution in [0.3, 0.4) is 0 Å². The van der Waals surface area contributed by atoms with Crippen molar-refractivity contribution in [1.29, 1.82) is 0 Å². The van der Waals surface area contributed by atoms with Gasteiger partial charge in [0.15, 0.2) is 11.5 Å². The fourth-order valence-electron chi connectivity index (χ4n) is 2.24. The number of aromatic nitrogens is 2. The Morgan fingerprint density at radius 2 is 1.71 bits per heavy atom. The van der Waals surface area contributed by atoms with E-state index in [2.05, 4.69) is 4.98 Å². The molecule has 1 aromatic carbocycles. The maximum atomic E-state index is 10.6. The first-order valence-electron chi connectivity index (χ1n) is 6.65. The van der Waals surface area contributed by atoms with Crippen molar-refractivity contribution in [2.75, 3.05) is 21.3 Å². The van der Waals surface area contributed by atoms with Crippen molar-refractivity contribution in [3.05, 3.63) is 35.9 Å². The predicted octanol–water partition coefficient (Wildman–Crippen LogP) is 2.01. The van der Waals surface area contributed by atoms with Gasteiger partial charge in [-0.05, 0) is 13.0 Å². The lowest BCUT2D eigenvalue weighted by atomic mass is 10.1. The summed E-state index contributed by atoms with van der Waals surface area (Å²) >= 11 is 0. The predicted molar refractivity (Wildman–Crippen MR) is 78.1 cm³/mol. The standard InChI is InChI=1S/C15H20N2O4/c1-5-17-7-6-16-15(17)14(18)10-8-12(20-3)13(21-4)9-11(10)19-2/h6-9,14,18H,5H2,1-4H3. The van der Waals surface area contributed by atoms with Gasteiger partial charge in [-0.15, -0.1) is 0 Å². The number of aliphatic hydroxyl groups is 1. The van der Waals surface area contributed by atoms with Crippen LogP contribution in [-0.4, -0.2) is 36.0 Å². The van der Waals surface area contributed by atoms with E-state index in [9.17, 15) is 5.11 Å². The van der Waals surface area contributed by atoms with Crippen LogP contribution in [-0.2, 0) is 6.54 Å². The summed E-state index contributed by atoms with van der Waals surface area (Å²) in [4.78, 5) is 4.22. The third-order valence-corrected chi connectivity index (χ3v) is 3.36. The fourth-order valence-corrected chi connectivity index (χ4v) is 2.24. The van der Waals surface area contributed by atoms with Crippen LogP contribution in [0.15, 0.2) is 24.5 Å². The first kappa shape index (κ1) is 15.2. The topological polar surface area (TPSA) is 65.7 Å². The van der Waals surface area contributed by atoms with Crippen LogP contribution in [0.5, 0.6) is 17.2 Å². The van der Waals surface area contributed by atoms with Crippen LogP contribution >= 0.6 is 0 Å². The number of aryl methyl sites for hydroxylation is 1. The van der Waals surface area contributed by atoms with Gasteiger partial charge >= 0.3 is 0 Å². The van der Waals surface area contributed by atoms with E-state index in [1.807, 2.05) is 17.7 Å². The van der Waals surface area contributed by atoms with Gasteiger partial charge in [-0.3, -0.25) is 0 Å². The van der Waals surface area contributed by atoms with Crippen molar-refractivity contribution in [2.24, 2.45) is 0 Å². The van der Waals surface area contributed by atoms with Crippen molar-refractivity contribution in [3.63, 3.8) is 0 Å². The van der Waals surface area contributed by atoms with Crippen LogP contribution in [0.1, 0.15) is 24.4 Å². The highest BCUT2D eigenvalue weighted by Gasteiger charge is 2.22. The van der Waals surface area contributed by atoms with Crippen molar-refractivity contribution >= 4 is 0 Å². The van der Waals surface area contributed by atoms with Crippen LogP contribution in [0, 0.1) is 0 Å². The zero-order valence-corrected chi connectivity index (χ0v) is 12.7. The molecule has 0 saturated heterocycles. The van der Waals surface area contributed by atoms with Crippen LogP contribution in [0.4, 0.5) is 0 Å². The van der Waals surface area contributed by atoms with E-state index in [4.69, 9.17) is 14.2 Å². The summed E-state index contributed by atoms with van der Waals surface area (Å²) in [6.07, 6.45) is 2.58. The molecule has 6 heteroatoms. The Bertz CT molecular complexity index is 610. The smallest absolute Gasteiger partial charge is 0.164 e. The number of methoxy groups -OCH3 is 3. The molecular formula is C15H20N2O4. The highest BCUT2D eigenvalue weighted by Crippen LogP contribution is 2.38.